The van der Waals surface area contributed by atoms with Gasteiger partial charge < -0.3 is 20.9 Å². The third kappa shape index (κ3) is 3.53. The van der Waals surface area contributed by atoms with E-state index in [0.717, 1.165) is 0 Å². The maximum Gasteiger partial charge on any atom is 0.211 e. The molecule has 1 rings (SSSR count). The van der Waals surface area contributed by atoms with Gasteiger partial charge in [0.05, 0.1) is 25.5 Å². The largest absolute Gasteiger partial charge is 0.493 e. The minimum Gasteiger partial charge on any atom is -0.493 e. The first kappa shape index (κ1) is 13.1. The Hall–Kier alpha value is -1.95. The molecule has 0 atom stereocenters. The fraction of sp³-hybridized carbons (Fsp3) is 0.200. The van der Waals surface area contributed by atoms with E-state index >= 15 is 0 Å². The van der Waals surface area contributed by atoms with E-state index in [4.69, 9.17) is 32.5 Å². The fourth-order valence-electron chi connectivity index (χ4n) is 1.17. The molecule has 0 radical (unpaired) electrons. The monoisotopic (exact) mass is 256 g/mol. The Kier molecular flexibility index (Phi) is 4.59. The topological polar surface area (TPSA) is 95.2 Å². The van der Waals surface area contributed by atoms with Gasteiger partial charge in [0.1, 0.15) is 0 Å². The first-order valence-corrected chi connectivity index (χ1v) is 4.99. The van der Waals surface area contributed by atoms with Gasteiger partial charge in [0.25, 0.3) is 0 Å². The summed E-state index contributed by atoms with van der Waals surface area (Å²) in [5.41, 5.74) is 11.0. The number of hydrogen-bond acceptors (Lipinski definition) is 4. The van der Waals surface area contributed by atoms with Gasteiger partial charge in [-0.2, -0.15) is 5.10 Å². The highest BCUT2D eigenvalue weighted by Gasteiger charge is 2.09. The molecule has 0 saturated carbocycles. The van der Waals surface area contributed by atoms with E-state index in [1.165, 1.54) is 20.4 Å². The predicted molar refractivity (Wildman–Crippen MR) is 68.0 cm³/mol. The molecule has 92 valence electrons. The van der Waals surface area contributed by atoms with Crippen molar-refractivity contribution in [3.8, 4) is 11.5 Å². The van der Waals surface area contributed by atoms with Crippen molar-refractivity contribution in [1.82, 2.24) is 0 Å². The van der Waals surface area contributed by atoms with Crippen LogP contribution in [0.25, 0.3) is 0 Å². The lowest BCUT2D eigenvalue weighted by Crippen LogP contribution is -2.21. The van der Waals surface area contributed by atoms with Crippen LogP contribution >= 0.6 is 11.6 Å². The summed E-state index contributed by atoms with van der Waals surface area (Å²) in [5.74, 6) is 0.854. The zero-order valence-corrected chi connectivity index (χ0v) is 10.2. The van der Waals surface area contributed by atoms with Crippen molar-refractivity contribution in [1.29, 1.82) is 0 Å². The summed E-state index contributed by atoms with van der Waals surface area (Å²) in [6.45, 7) is 0. The van der Waals surface area contributed by atoms with Crippen molar-refractivity contribution >= 4 is 23.8 Å². The molecule has 1 aromatic carbocycles. The summed E-state index contributed by atoms with van der Waals surface area (Å²) in [5, 5.41) is 7.56. The number of halogens is 1. The van der Waals surface area contributed by atoms with Gasteiger partial charge in [-0.1, -0.05) is 11.6 Å². The van der Waals surface area contributed by atoms with E-state index in [-0.39, 0.29) is 5.96 Å². The predicted octanol–water partition coefficient (Wildman–Crippen LogP) is 0.964. The van der Waals surface area contributed by atoms with Crippen LogP contribution in [0, 0.1) is 0 Å². The molecule has 0 aliphatic rings. The Morgan fingerprint density at radius 2 is 2.00 bits per heavy atom. The van der Waals surface area contributed by atoms with Crippen LogP contribution in [0.15, 0.2) is 22.3 Å². The normalized spacial score (nSPS) is 10.3. The van der Waals surface area contributed by atoms with Crippen LogP contribution in [-0.4, -0.2) is 26.4 Å². The Balaban J connectivity index is 3.07. The van der Waals surface area contributed by atoms with Crippen LogP contribution in [0.2, 0.25) is 5.02 Å². The van der Waals surface area contributed by atoms with Gasteiger partial charge in [-0.25, -0.2) is 0 Å². The van der Waals surface area contributed by atoms with Gasteiger partial charge in [-0.05, 0) is 12.1 Å². The molecule has 7 heteroatoms. The lowest BCUT2D eigenvalue weighted by molar-refractivity contribution is 0.355. The number of ether oxygens (including phenoxy) is 2. The van der Waals surface area contributed by atoms with Crippen LogP contribution in [0.4, 0.5) is 0 Å². The third-order valence-corrected chi connectivity index (χ3v) is 2.12. The summed E-state index contributed by atoms with van der Waals surface area (Å²) >= 11 is 6.00. The van der Waals surface area contributed by atoms with Gasteiger partial charge >= 0.3 is 0 Å². The Morgan fingerprint density at radius 3 is 2.53 bits per heavy atom. The summed E-state index contributed by atoms with van der Waals surface area (Å²) in [6, 6.07) is 3.37. The lowest BCUT2D eigenvalue weighted by Gasteiger charge is -2.09. The van der Waals surface area contributed by atoms with E-state index < -0.39 is 0 Å². The molecule has 0 heterocycles. The number of hydrogen-bond donors (Lipinski definition) is 2. The highest BCUT2D eigenvalue weighted by Crippen LogP contribution is 2.35. The third-order valence-electron chi connectivity index (χ3n) is 1.84. The van der Waals surface area contributed by atoms with Crippen molar-refractivity contribution in [3.63, 3.8) is 0 Å². The molecule has 0 aliphatic heterocycles. The van der Waals surface area contributed by atoms with E-state index in [1.807, 2.05) is 0 Å². The molecule has 4 N–H and O–H groups in total. The lowest BCUT2D eigenvalue weighted by atomic mass is 10.2. The zero-order chi connectivity index (χ0) is 12.8. The van der Waals surface area contributed by atoms with Crippen molar-refractivity contribution < 1.29 is 9.47 Å². The minimum absolute atomic E-state index is 0.118. The molecule has 0 spiro atoms. The molecule has 0 fully saturated rings. The highest BCUT2D eigenvalue weighted by atomic mass is 35.5. The average Bonchev–Trinajstić information content (AvgIpc) is 2.27. The van der Waals surface area contributed by atoms with Gasteiger partial charge in [0.2, 0.25) is 5.96 Å². The van der Waals surface area contributed by atoms with Gasteiger partial charge in [0.15, 0.2) is 11.5 Å². The summed E-state index contributed by atoms with van der Waals surface area (Å²) in [7, 11) is 3.03. The molecule has 0 amide bonds. The van der Waals surface area contributed by atoms with Gasteiger partial charge in [0, 0.05) is 5.56 Å². The number of nitrogens with zero attached hydrogens (tertiary/aromatic N) is 2. The number of benzene rings is 1. The maximum absolute atomic E-state index is 6.00. The van der Waals surface area contributed by atoms with Crippen LogP contribution in [0.1, 0.15) is 5.56 Å². The first-order valence-electron chi connectivity index (χ1n) is 4.62. The van der Waals surface area contributed by atoms with Crippen LogP contribution < -0.4 is 20.9 Å². The SMILES string of the molecule is COc1cc(/C=N\N=C(N)N)cc(Cl)c1OC. The van der Waals surface area contributed by atoms with E-state index in [2.05, 4.69) is 10.2 Å². The first-order chi connectivity index (χ1) is 8.08. The van der Waals surface area contributed by atoms with E-state index in [9.17, 15) is 0 Å². The summed E-state index contributed by atoms with van der Waals surface area (Å²) in [6.07, 6.45) is 1.45. The smallest absolute Gasteiger partial charge is 0.211 e. The molecule has 0 saturated heterocycles. The van der Waals surface area contributed by atoms with Crippen LogP contribution in [0.5, 0.6) is 11.5 Å². The Morgan fingerprint density at radius 1 is 1.29 bits per heavy atom. The second kappa shape index (κ2) is 5.95. The molecule has 17 heavy (non-hydrogen) atoms. The second-order valence-electron chi connectivity index (χ2n) is 3.01. The summed E-state index contributed by atoms with van der Waals surface area (Å²) in [4.78, 5) is 0. The standard InChI is InChI=1S/C10H13ClN4O2/c1-16-8-4-6(5-14-15-10(12)13)3-7(11)9(8)17-2/h3-5H,1-2H3,(H4,12,13,15)/b14-5-. The van der Waals surface area contributed by atoms with Gasteiger partial charge in [-0.3, -0.25) is 0 Å². The number of methoxy groups -OCH3 is 2. The quantitative estimate of drug-likeness (QED) is 0.477. The van der Waals surface area contributed by atoms with Crippen molar-refractivity contribution in [2.24, 2.45) is 21.7 Å². The minimum atomic E-state index is -0.118. The molecule has 0 aliphatic carbocycles. The zero-order valence-electron chi connectivity index (χ0n) is 9.48. The molecule has 0 aromatic heterocycles. The molecule has 0 unspecified atom stereocenters. The summed E-state index contributed by atoms with van der Waals surface area (Å²) < 4.78 is 10.2. The van der Waals surface area contributed by atoms with Gasteiger partial charge in [-0.15, -0.1) is 5.10 Å². The van der Waals surface area contributed by atoms with Crippen molar-refractivity contribution in [2.75, 3.05) is 14.2 Å². The van der Waals surface area contributed by atoms with Crippen LogP contribution in [0.3, 0.4) is 0 Å². The number of guanidine groups is 1. The molecular weight excluding hydrogens is 244 g/mol. The number of nitrogens with two attached hydrogens (primary N) is 2. The fourth-order valence-corrected chi connectivity index (χ4v) is 1.47. The van der Waals surface area contributed by atoms with Crippen LogP contribution in [-0.2, 0) is 0 Å². The van der Waals surface area contributed by atoms with Crippen molar-refractivity contribution in [2.45, 2.75) is 0 Å². The van der Waals surface area contributed by atoms with E-state index in [1.54, 1.807) is 12.1 Å². The number of rotatable bonds is 4. The Bertz CT molecular complexity index is 456. The molecular formula is C10H13ClN4O2. The molecule has 0 bridgehead atoms. The van der Waals surface area contributed by atoms with E-state index in [0.29, 0.717) is 22.1 Å². The highest BCUT2D eigenvalue weighted by molar-refractivity contribution is 6.32. The molecule has 1 aromatic rings. The maximum atomic E-state index is 6.00. The average molecular weight is 257 g/mol. The van der Waals surface area contributed by atoms with Crippen molar-refractivity contribution in [3.05, 3.63) is 22.7 Å². The Labute approximate surface area is 104 Å². The molecule has 6 nitrogen and oxygen atoms in total. The second-order valence-corrected chi connectivity index (χ2v) is 3.41.